The van der Waals surface area contributed by atoms with Gasteiger partial charge in [0.2, 0.25) is 0 Å². The molecule has 0 unspecified atom stereocenters. The van der Waals surface area contributed by atoms with Crippen LogP contribution in [0.25, 0.3) is 0 Å². The lowest BCUT2D eigenvalue weighted by Gasteiger charge is -2.18. The first-order chi connectivity index (χ1) is 7.10. The Morgan fingerprint density at radius 1 is 1.40 bits per heavy atom. The number of halogens is 2. The van der Waals surface area contributed by atoms with Crippen LogP contribution in [0.3, 0.4) is 0 Å². The SMILES string of the molecule is CCN(CC)C(=O)c1ccc(Cl)cc1F. The van der Waals surface area contributed by atoms with E-state index in [1.54, 1.807) is 4.90 Å². The first-order valence-electron chi connectivity index (χ1n) is 4.84. The zero-order chi connectivity index (χ0) is 11.4. The lowest BCUT2D eigenvalue weighted by atomic mass is 10.2. The van der Waals surface area contributed by atoms with Crippen molar-refractivity contribution in [3.8, 4) is 0 Å². The Hall–Kier alpha value is -1.09. The van der Waals surface area contributed by atoms with E-state index in [0.29, 0.717) is 18.1 Å². The molecule has 0 radical (unpaired) electrons. The van der Waals surface area contributed by atoms with E-state index in [-0.39, 0.29) is 11.5 Å². The Bertz CT molecular complexity index is 364. The van der Waals surface area contributed by atoms with Crippen molar-refractivity contribution in [3.63, 3.8) is 0 Å². The fourth-order valence-electron chi connectivity index (χ4n) is 1.34. The highest BCUT2D eigenvalue weighted by Crippen LogP contribution is 2.16. The lowest BCUT2D eigenvalue weighted by molar-refractivity contribution is 0.0768. The van der Waals surface area contributed by atoms with E-state index in [1.165, 1.54) is 12.1 Å². The highest BCUT2D eigenvalue weighted by atomic mass is 35.5. The molecule has 0 aromatic heterocycles. The minimum absolute atomic E-state index is 0.0723. The highest BCUT2D eigenvalue weighted by Gasteiger charge is 2.16. The summed E-state index contributed by atoms with van der Waals surface area (Å²) in [5, 5.41) is 0.295. The van der Waals surface area contributed by atoms with Gasteiger partial charge in [-0.2, -0.15) is 0 Å². The van der Waals surface area contributed by atoms with Crippen molar-refractivity contribution in [1.29, 1.82) is 0 Å². The molecule has 15 heavy (non-hydrogen) atoms. The van der Waals surface area contributed by atoms with Crippen LogP contribution >= 0.6 is 11.6 Å². The minimum Gasteiger partial charge on any atom is -0.339 e. The number of hydrogen-bond acceptors (Lipinski definition) is 1. The van der Waals surface area contributed by atoms with Gasteiger partial charge in [0, 0.05) is 18.1 Å². The first kappa shape index (κ1) is 12.0. The highest BCUT2D eigenvalue weighted by molar-refractivity contribution is 6.30. The quantitative estimate of drug-likeness (QED) is 0.781. The van der Waals surface area contributed by atoms with Gasteiger partial charge in [0.1, 0.15) is 5.82 Å². The molecule has 4 heteroatoms. The van der Waals surface area contributed by atoms with Gasteiger partial charge in [-0.05, 0) is 32.0 Å². The van der Waals surface area contributed by atoms with Crippen molar-refractivity contribution < 1.29 is 9.18 Å². The summed E-state index contributed by atoms with van der Waals surface area (Å²) in [6, 6.07) is 4.08. The van der Waals surface area contributed by atoms with Crippen LogP contribution in [-0.2, 0) is 0 Å². The molecule has 1 aromatic rings. The van der Waals surface area contributed by atoms with Crippen LogP contribution in [0.2, 0.25) is 5.02 Å². The molecule has 0 N–H and O–H groups in total. The molecular formula is C11H13ClFNO. The van der Waals surface area contributed by atoms with Gasteiger partial charge in [0.15, 0.2) is 0 Å². The Morgan fingerprint density at radius 3 is 2.47 bits per heavy atom. The van der Waals surface area contributed by atoms with Gasteiger partial charge in [-0.15, -0.1) is 0 Å². The van der Waals surface area contributed by atoms with Crippen molar-refractivity contribution in [2.75, 3.05) is 13.1 Å². The second-order valence-electron chi connectivity index (χ2n) is 3.10. The van der Waals surface area contributed by atoms with E-state index < -0.39 is 5.82 Å². The summed E-state index contributed by atoms with van der Waals surface area (Å²) < 4.78 is 13.4. The van der Waals surface area contributed by atoms with E-state index in [2.05, 4.69) is 0 Å². The standard InChI is InChI=1S/C11H13ClFNO/c1-3-14(4-2)11(15)9-6-5-8(12)7-10(9)13/h5-7H,3-4H2,1-2H3. The number of hydrogen-bond donors (Lipinski definition) is 0. The van der Waals surface area contributed by atoms with Gasteiger partial charge in [-0.1, -0.05) is 11.6 Å². The van der Waals surface area contributed by atoms with Gasteiger partial charge in [-0.3, -0.25) is 4.79 Å². The van der Waals surface area contributed by atoms with Crippen LogP contribution in [0, 0.1) is 5.82 Å². The molecule has 0 aliphatic carbocycles. The molecule has 0 aliphatic rings. The molecule has 2 nitrogen and oxygen atoms in total. The third kappa shape index (κ3) is 2.69. The smallest absolute Gasteiger partial charge is 0.256 e. The molecule has 1 aromatic carbocycles. The van der Waals surface area contributed by atoms with Gasteiger partial charge in [0.05, 0.1) is 5.56 Å². The molecule has 0 saturated carbocycles. The van der Waals surface area contributed by atoms with Crippen molar-refractivity contribution in [2.45, 2.75) is 13.8 Å². The van der Waals surface area contributed by atoms with E-state index >= 15 is 0 Å². The van der Waals surface area contributed by atoms with Crippen molar-refractivity contribution in [2.24, 2.45) is 0 Å². The van der Waals surface area contributed by atoms with Crippen LogP contribution in [0.15, 0.2) is 18.2 Å². The average Bonchev–Trinajstić information content (AvgIpc) is 2.19. The van der Waals surface area contributed by atoms with Crippen LogP contribution in [-0.4, -0.2) is 23.9 Å². The summed E-state index contributed by atoms with van der Waals surface area (Å²) in [6.07, 6.45) is 0. The summed E-state index contributed by atoms with van der Waals surface area (Å²) in [7, 11) is 0. The fourth-order valence-corrected chi connectivity index (χ4v) is 1.50. The number of nitrogens with zero attached hydrogens (tertiary/aromatic N) is 1. The van der Waals surface area contributed by atoms with Gasteiger partial charge in [0.25, 0.3) is 5.91 Å². The summed E-state index contributed by atoms with van der Waals surface area (Å²) >= 11 is 5.60. The summed E-state index contributed by atoms with van der Waals surface area (Å²) in [6.45, 7) is 4.85. The maximum atomic E-state index is 13.4. The largest absolute Gasteiger partial charge is 0.339 e. The van der Waals surface area contributed by atoms with E-state index in [9.17, 15) is 9.18 Å². The lowest BCUT2D eigenvalue weighted by Crippen LogP contribution is -2.31. The third-order valence-electron chi connectivity index (χ3n) is 2.21. The summed E-state index contributed by atoms with van der Waals surface area (Å²) in [4.78, 5) is 13.3. The van der Waals surface area contributed by atoms with E-state index in [4.69, 9.17) is 11.6 Å². The van der Waals surface area contributed by atoms with Crippen LogP contribution < -0.4 is 0 Å². The van der Waals surface area contributed by atoms with E-state index in [0.717, 1.165) is 6.07 Å². The predicted molar refractivity (Wildman–Crippen MR) is 58.7 cm³/mol. The molecule has 1 amide bonds. The van der Waals surface area contributed by atoms with E-state index in [1.807, 2.05) is 13.8 Å². The van der Waals surface area contributed by atoms with Crippen LogP contribution in [0.1, 0.15) is 24.2 Å². The second-order valence-corrected chi connectivity index (χ2v) is 3.54. The maximum Gasteiger partial charge on any atom is 0.256 e. The maximum absolute atomic E-state index is 13.4. The third-order valence-corrected chi connectivity index (χ3v) is 2.45. The Labute approximate surface area is 93.6 Å². The number of amides is 1. The van der Waals surface area contributed by atoms with Crippen molar-refractivity contribution in [3.05, 3.63) is 34.6 Å². The van der Waals surface area contributed by atoms with Gasteiger partial charge < -0.3 is 4.90 Å². The average molecular weight is 230 g/mol. The summed E-state index contributed by atoms with van der Waals surface area (Å²) in [5.41, 5.74) is 0.0723. The summed E-state index contributed by atoms with van der Waals surface area (Å²) in [5.74, 6) is -0.867. The van der Waals surface area contributed by atoms with Gasteiger partial charge >= 0.3 is 0 Å². The molecule has 0 bridgehead atoms. The fraction of sp³-hybridized carbons (Fsp3) is 0.364. The Kier molecular flexibility index (Phi) is 4.09. The molecule has 1 rings (SSSR count). The number of rotatable bonds is 3. The first-order valence-corrected chi connectivity index (χ1v) is 5.22. The molecule has 0 saturated heterocycles. The molecule has 0 aliphatic heterocycles. The second kappa shape index (κ2) is 5.12. The topological polar surface area (TPSA) is 20.3 Å². The number of benzene rings is 1. The molecule has 82 valence electrons. The van der Waals surface area contributed by atoms with Crippen molar-refractivity contribution in [1.82, 2.24) is 4.90 Å². The molecule has 0 atom stereocenters. The molecule has 0 heterocycles. The van der Waals surface area contributed by atoms with Crippen LogP contribution in [0.4, 0.5) is 4.39 Å². The van der Waals surface area contributed by atoms with Crippen LogP contribution in [0.5, 0.6) is 0 Å². The molecular weight excluding hydrogens is 217 g/mol. The molecule has 0 fully saturated rings. The van der Waals surface area contributed by atoms with Gasteiger partial charge in [-0.25, -0.2) is 4.39 Å². The minimum atomic E-state index is -0.570. The monoisotopic (exact) mass is 229 g/mol. The normalized spacial score (nSPS) is 10.1. The zero-order valence-electron chi connectivity index (χ0n) is 8.76. The predicted octanol–water partition coefficient (Wildman–Crippen LogP) is 2.96. The Morgan fingerprint density at radius 2 is 2.00 bits per heavy atom. The number of carbonyl (C=O) groups is 1. The molecule has 0 spiro atoms. The number of carbonyl (C=O) groups excluding carboxylic acids is 1. The Balaban J connectivity index is 3.00. The zero-order valence-corrected chi connectivity index (χ0v) is 9.51. The van der Waals surface area contributed by atoms with Crippen molar-refractivity contribution >= 4 is 17.5 Å².